The van der Waals surface area contributed by atoms with E-state index in [-0.39, 0.29) is 0 Å². The van der Waals surface area contributed by atoms with Crippen LogP contribution in [0.1, 0.15) is 63.0 Å². The van der Waals surface area contributed by atoms with Gasteiger partial charge in [0.2, 0.25) is 0 Å². The third kappa shape index (κ3) is 7.80. The van der Waals surface area contributed by atoms with Crippen molar-refractivity contribution in [3.05, 3.63) is 76.8 Å². The summed E-state index contributed by atoms with van der Waals surface area (Å²) in [5, 5.41) is 10.2. The van der Waals surface area contributed by atoms with E-state index in [4.69, 9.17) is 11.6 Å². The molecule has 0 bridgehead atoms. The molecule has 1 aliphatic carbocycles. The molecule has 5 rings (SSSR count). The van der Waals surface area contributed by atoms with E-state index in [2.05, 4.69) is 38.9 Å². The van der Waals surface area contributed by atoms with Crippen molar-refractivity contribution < 1.29 is 0 Å². The molecule has 0 spiro atoms. The highest BCUT2D eigenvalue weighted by Gasteiger charge is 2.18. The van der Waals surface area contributed by atoms with Gasteiger partial charge in [-0.25, -0.2) is 14.6 Å². The van der Waals surface area contributed by atoms with Gasteiger partial charge in [-0.1, -0.05) is 56.8 Å². The Hall–Kier alpha value is -2.96. The van der Waals surface area contributed by atoms with Crippen LogP contribution in [-0.4, -0.2) is 40.4 Å². The summed E-state index contributed by atoms with van der Waals surface area (Å²) in [7, 11) is 3.99. The first-order valence-electron chi connectivity index (χ1n) is 14.3. The number of halogens is 1. The number of nitrogens with one attached hydrogen (secondary N) is 1. The second kappa shape index (κ2) is 13.9. The van der Waals surface area contributed by atoms with Crippen LogP contribution < -0.4 is 10.2 Å². The molecule has 0 atom stereocenters. The van der Waals surface area contributed by atoms with Crippen LogP contribution in [-0.2, 0) is 13.0 Å². The molecule has 1 aliphatic rings. The zero-order valence-electron chi connectivity index (χ0n) is 24.1. The lowest BCUT2D eigenvalue weighted by Gasteiger charge is -2.26. The van der Waals surface area contributed by atoms with Crippen LogP contribution in [0.3, 0.4) is 0 Å². The molecule has 2 heterocycles. The molecule has 1 saturated carbocycles. The highest BCUT2D eigenvalue weighted by molar-refractivity contribution is 6.30. The topological polar surface area (TPSA) is 58.9 Å². The van der Waals surface area contributed by atoms with Crippen molar-refractivity contribution in [2.45, 2.75) is 65.8 Å². The number of rotatable bonds is 8. The minimum absolute atomic E-state index is 0.761. The summed E-state index contributed by atoms with van der Waals surface area (Å²) in [6, 6.07) is 16.0. The number of para-hydroxylation sites is 1. The quantitative estimate of drug-likeness (QED) is 0.249. The third-order valence-corrected chi connectivity index (χ3v) is 7.77. The number of benzene rings is 2. The molecular weight excluding hydrogens is 504 g/mol. The van der Waals surface area contributed by atoms with Gasteiger partial charge < -0.3 is 10.2 Å². The maximum absolute atomic E-state index is 6.02. The fourth-order valence-electron chi connectivity index (χ4n) is 5.32. The molecule has 0 saturated heterocycles. The van der Waals surface area contributed by atoms with Crippen molar-refractivity contribution in [1.82, 2.24) is 25.1 Å². The van der Waals surface area contributed by atoms with E-state index in [9.17, 15) is 0 Å². The van der Waals surface area contributed by atoms with Crippen LogP contribution in [0.5, 0.6) is 0 Å². The summed E-state index contributed by atoms with van der Waals surface area (Å²) in [6.45, 7) is 8.56. The predicted molar refractivity (Wildman–Crippen MR) is 164 cm³/mol. The number of nitrogens with zero attached hydrogens (tertiary/aromatic N) is 5. The number of aryl methyl sites for hydroxylation is 1. The van der Waals surface area contributed by atoms with E-state index in [1.54, 1.807) is 0 Å². The summed E-state index contributed by atoms with van der Waals surface area (Å²) in [5.41, 5.74) is 4.72. The molecule has 39 heavy (non-hydrogen) atoms. The van der Waals surface area contributed by atoms with Crippen LogP contribution in [0, 0.1) is 18.8 Å². The van der Waals surface area contributed by atoms with Crippen molar-refractivity contribution in [3.63, 3.8) is 0 Å². The molecule has 0 amide bonds. The lowest BCUT2D eigenvalue weighted by Crippen LogP contribution is -2.26. The smallest absolute Gasteiger partial charge is 0.139 e. The molecule has 1 N–H and O–H groups in total. The van der Waals surface area contributed by atoms with Gasteiger partial charge in [-0.3, -0.25) is 0 Å². The zero-order chi connectivity index (χ0) is 27.8. The average Bonchev–Trinajstić information content (AvgIpc) is 3.32. The highest BCUT2D eigenvalue weighted by Crippen LogP contribution is 2.28. The lowest BCUT2D eigenvalue weighted by molar-refractivity contribution is 0.281. The van der Waals surface area contributed by atoms with Gasteiger partial charge in [0.05, 0.1) is 17.4 Å². The van der Waals surface area contributed by atoms with Crippen molar-refractivity contribution in [2.24, 2.45) is 11.8 Å². The van der Waals surface area contributed by atoms with E-state index in [0.29, 0.717) is 0 Å². The Morgan fingerprint density at radius 2 is 1.72 bits per heavy atom. The molecule has 0 unspecified atom stereocenters. The van der Waals surface area contributed by atoms with Crippen LogP contribution >= 0.6 is 11.6 Å². The summed E-state index contributed by atoms with van der Waals surface area (Å²) in [5.74, 6) is 3.56. The lowest BCUT2D eigenvalue weighted by atomic mass is 9.83. The molecule has 7 heteroatoms. The fourth-order valence-corrected chi connectivity index (χ4v) is 5.45. The Morgan fingerprint density at radius 1 is 1.00 bits per heavy atom. The highest BCUT2D eigenvalue weighted by atomic mass is 35.5. The van der Waals surface area contributed by atoms with Gasteiger partial charge in [0, 0.05) is 42.3 Å². The molecule has 6 nitrogen and oxygen atoms in total. The summed E-state index contributed by atoms with van der Waals surface area (Å²) in [6.07, 6.45) is 9.72. The van der Waals surface area contributed by atoms with Crippen LogP contribution in [0.2, 0.25) is 5.02 Å². The number of fused-ring (bicyclic) bond motifs is 1. The average molecular weight is 547 g/mol. The number of aromatic nitrogens is 4. The molecule has 2 aromatic carbocycles. The SMILES string of the molecule is CCCc1c(CNCC2CCC(C)CC2)cnn1-c1ccc(Cl)cc1.Cc1nc(N(C)C)c2ccccc2n1. The summed E-state index contributed by atoms with van der Waals surface area (Å²) >= 11 is 6.02. The van der Waals surface area contributed by atoms with Gasteiger partial charge in [0.1, 0.15) is 11.6 Å². The number of hydrogen-bond donors (Lipinski definition) is 1. The van der Waals surface area contributed by atoms with Gasteiger partial charge in [0.25, 0.3) is 0 Å². The van der Waals surface area contributed by atoms with Crippen LogP contribution in [0.25, 0.3) is 16.6 Å². The monoisotopic (exact) mass is 546 g/mol. The molecule has 0 aliphatic heterocycles. The summed E-state index contributed by atoms with van der Waals surface area (Å²) in [4.78, 5) is 10.8. The maximum Gasteiger partial charge on any atom is 0.139 e. The van der Waals surface area contributed by atoms with Crippen LogP contribution in [0.4, 0.5) is 5.82 Å². The first-order chi connectivity index (χ1) is 18.9. The van der Waals surface area contributed by atoms with E-state index in [1.807, 2.05) is 80.6 Å². The number of hydrogen-bond acceptors (Lipinski definition) is 5. The van der Waals surface area contributed by atoms with E-state index < -0.39 is 0 Å². The van der Waals surface area contributed by atoms with Gasteiger partial charge in [-0.05, 0) is 81.0 Å². The Balaban J connectivity index is 0.000000212. The van der Waals surface area contributed by atoms with Gasteiger partial charge in [-0.15, -0.1) is 0 Å². The van der Waals surface area contributed by atoms with Crippen molar-refractivity contribution in [2.75, 3.05) is 25.5 Å². The van der Waals surface area contributed by atoms with Gasteiger partial charge in [0.15, 0.2) is 0 Å². The molecule has 4 aromatic rings. The van der Waals surface area contributed by atoms with E-state index in [1.165, 1.54) is 36.9 Å². The largest absolute Gasteiger partial charge is 0.362 e. The van der Waals surface area contributed by atoms with Gasteiger partial charge in [-0.2, -0.15) is 5.10 Å². The second-order valence-electron chi connectivity index (χ2n) is 11.0. The van der Waals surface area contributed by atoms with Crippen molar-refractivity contribution in [3.8, 4) is 5.69 Å². The fraction of sp³-hybridized carbons (Fsp3) is 0.469. The van der Waals surface area contributed by atoms with E-state index >= 15 is 0 Å². The molecular formula is C32H43ClN6. The van der Waals surface area contributed by atoms with Crippen molar-refractivity contribution >= 4 is 28.3 Å². The first kappa shape index (κ1) is 29.0. The minimum atomic E-state index is 0.761. The van der Waals surface area contributed by atoms with Gasteiger partial charge >= 0.3 is 0 Å². The first-order valence-corrected chi connectivity index (χ1v) is 14.7. The summed E-state index contributed by atoms with van der Waals surface area (Å²) < 4.78 is 2.07. The zero-order valence-corrected chi connectivity index (χ0v) is 24.9. The van der Waals surface area contributed by atoms with Crippen LogP contribution in [0.15, 0.2) is 54.7 Å². The van der Waals surface area contributed by atoms with Crippen molar-refractivity contribution in [1.29, 1.82) is 0 Å². The molecule has 208 valence electrons. The van der Waals surface area contributed by atoms with E-state index in [0.717, 1.165) is 71.0 Å². The standard InChI is InChI=1S/C21H30ClN3.C11H13N3/c1-3-4-21-18(14-23-13-17-7-5-16(2)6-8-17)15-24-25(21)20-11-9-19(22)10-12-20;1-8-12-10-7-5-4-6-9(10)11(13-8)14(2)3/h9-12,15-17,23H,3-8,13-14H2,1-2H3;4-7H,1-3H3. The molecule has 1 fully saturated rings. The third-order valence-electron chi connectivity index (χ3n) is 7.52. The molecule has 0 radical (unpaired) electrons. The normalized spacial score (nSPS) is 17.1. The maximum atomic E-state index is 6.02. The second-order valence-corrected chi connectivity index (χ2v) is 11.5. The Morgan fingerprint density at radius 3 is 2.41 bits per heavy atom. The minimum Gasteiger partial charge on any atom is -0.362 e. The Labute approximate surface area is 238 Å². The molecule has 2 aromatic heterocycles. The Bertz CT molecular complexity index is 1320. The number of anilines is 1. The Kier molecular flexibility index (Phi) is 10.4. The predicted octanol–water partition coefficient (Wildman–Crippen LogP) is 7.40.